The van der Waals surface area contributed by atoms with E-state index in [9.17, 15) is 4.79 Å². The van der Waals surface area contributed by atoms with Crippen LogP contribution in [0.2, 0.25) is 5.02 Å². The Morgan fingerprint density at radius 2 is 2.22 bits per heavy atom. The van der Waals surface area contributed by atoms with Crippen LogP contribution in [0.25, 0.3) is 0 Å². The Morgan fingerprint density at radius 1 is 1.39 bits per heavy atom. The Morgan fingerprint density at radius 3 is 2.94 bits per heavy atom. The monoisotopic (exact) mass is 343 g/mol. The van der Waals surface area contributed by atoms with Crippen molar-refractivity contribution in [3.05, 3.63) is 55.6 Å². The first-order chi connectivity index (χ1) is 8.66. The largest absolute Gasteiger partial charge is 0.352 e. The highest BCUT2D eigenvalue weighted by Gasteiger charge is 2.10. The Kier molecular flexibility index (Phi) is 4.80. The molecule has 0 radical (unpaired) electrons. The molecule has 0 saturated carbocycles. The fraction of sp³-hybridized carbons (Fsp3) is 0.154. The van der Waals surface area contributed by atoms with Crippen molar-refractivity contribution in [1.82, 2.24) is 5.32 Å². The van der Waals surface area contributed by atoms with Crippen molar-refractivity contribution in [3.8, 4) is 0 Å². The summed E-state index contributed by atoms with van der Waals surface area (Å²) in [6.07, 6.45) is 0.842. The lowest BCUT2D eigenvalue weighted by Crippen LogP contribution is -2.25. The third-order valence-electron chi connectivity index (χ3n) is 2.41. The Balaban J connectivity index is 1.93. The lowest BCUT2D eigenvalue weighted by molar-refractivity contribution is 0.0954. The van der Waals surface area contributed by atoms with E-state index in [1.807, 2.05) is 17.5 Å². The van der Waals surface area contributed by atoms with E-state index in [1.165, 1.54) is 4.88 Å². The number of carbonyl (C=O) groups is 1. The molecular formula is C13H11BrClNOS. The smallest absolute Gasteiger partial charge is 0.252 e. The molecule has 1 aromatic heterocycles. The molecule has 0 spiro atoms. The summed E-state index contributed by atoms with van der Waals surface area (Å²) in [5, 5.41) is 5.36. The van der Waals surface area contributed by atoms with Crippen LogP contribution in [0.4, 0.5) is 0 Å². The average molecular weight is 345 g/mol. The van der Waals surface area contributed by atoms with Gasteiger partial charge in [-0.1, -0.05) is 33.6 Å². The summed E-state index contributed by atoms with van der Waals surface area (Å²) in [4.78, 5) is 13.2. The standard InChI is InChI=1S/C13H11BrClNOS/c14-9-3-4-12(15)11(8-9)13(17)16-6-5-10-2-1-7-18-10/h1-4,7-8H,5-6H2,(H,16,17). The van der Waals surface area contributed by atoms with Crippen LogP contribution in [-0.4, -0.2) is 12.5 Å². The van der Waals surface area contributed by atoms with Gasteiger partial charge >= 0.3 is 0 Å². The summed E-state index contributed by atoms with van der Waals surface area (Å²) in [6.45, 7) is 0.613. The number of thiophene rings is 1. The number of nitrogens with one attached hydrogen (secondary N) is 1. The van der Waals surface area contributed by atoms with Gasteiger partial charge in [0, 0.05) is 15.9 Å². The van der Waals surface area contributed by atoms with E-state index < -0.39 is 0 Å². The molecule has 0 saturated heterocycles. The van der Waals surface area contributed by atoms with Gasteiger partial charge in [0.15, 0.2) is 0 Å². The molecule has 1 aromatic carbocycles. The van der Waals surface area contributed by atoms with Crippen molar-refractivity contribution in [2.75, 3.05) is 6.54 Å². The van der Waals surface area contributed by atoms with Crippen molar-refractivity contribution < 1.29 is 4.79 Å². The maximum Gasteiger partial charge on any atom is 0.252 e. The van der Waals surface area contributed by atoms with E-state index >= 15 is 0 Å². The van der Waals surface area contributed by atoms with Gasteiger partial charge in [0.25, 0.3) is 5.91 Å². The van der Waals surface area contributed by atoms with Gasteiger partial charge in [-0.05, 0) is 36.1 Å². The molecular weight excluding hydrogens is 334 g/mol. The van der Waals surface area contributed by atoms with Crippen LogP contribution < -0.4 is 5.32 Å². The van der Waals surface area contributed by atoms with Crippen molar-refractivity contribution in [1.29, 1.82) is 0 Å². The minimum Gasteiger partial charge on any atom is -0.352 e. The SMILES string of the molecule is O=C(NCCc1cccs1)c1cc(Br)ccc1Cl. The second-order valence-electron chi connectivity index (χ2n) is 3.71. The molecule has 0 aliphatic heterocycles. The van der Waals surface area contributed by atoms with Crippen LogP contribution in [0, 0.1) is 0 Å². The molecule has 18 heavy (non-hydrogen) atoms. The predicted octanol–water partition coefficient (Wildman–Crippen LogP) is 4.14. The van der Waals surface area contributed by atoms with Gasteiger partial charge in [0.2, 0.25) is 0 Å². The number of amides is 1. The summed E-state index contributed by atoms with van der Waals surface area (Å²) in [5.41, 5.74) is 0.497. The first kappa shape index (κ1) is 13.6. The molecule has 0 aliphatic rings. The highest BCUT2D eigenvalue weighted by atomic mass is 79.9. The zero-order chi connectivity index (χ0) is 13.0. The van der Waals surface area contributed by atoms with E-state index in [2.05, 4.69) is 27.3 Å². The normalized spacial score (nSPS) is 10.3. The minimum absolute atomic E-state index is 0.141. The molecule has 1 amide bonds. The molecule has 0 bridgehead atoms. The lowest BCUT2D eigenvalue weighted by Gasteiger charge is -2.06. The maximum atomic E-state index is 11.9. The number of hydrogen-bond acceptors (Lipinski definition) is 2. The molecule has 94 valence electrons. The molecule has 0 atom stereocenters. The molecule has 1 heterocycles. The lowest BCUT2D eigenvalue weighted by atomic mass is 10.2. The number of halogens is 2. The quantitative estimate of drug-likeness (QED) is 0.887. The van der Waals surface area contributed by atoms with Crippen LogP contribution in [-0.2, 0) is 6.42 Å². The maximum absolute atomic E-state index is 11.9. The molecule has 2 aromatic rings. The van der Waals surface area contributed by atoms with Gasteiger partial charge in [0.05, 0.1) is 10.6 Å². The summed E-state index contributed by atoms with van der Waals surface area (Å²) in [6, 6.07) is 9.31. The van der Waals surface area contributed by atoms with Crippen molar-refractivity contribution >= 4 is 44.8 Å². The zero-order valence-electron chi connectivity index (χ0n) is 9.45. The van der Waals surface area contributed by atoms with Crippen LogP contribution >= 0.6 is 38.9 Å². The van der Waals surface area contributed by atoms with E-state index in [-0.39, 0.29) is 5.91 Å². The van der Waals surface area contributed by atoms with Gasteiger partial charge in [-0.25, -0.2) is 0 Å². The highest BCUT2D eigenvalue weighted by molar-refractivity contribution is 9.10. The zero-order valence-corrected chi connectivity index (χ0v) is 12.6. The van der Waals surface area contributed by atoms with E-state index in [1.54, 1.807) is 23.5 Å². The van der Waals surface area contributed by atoms with E-state index in [0.717, 1.165) is 10.9 Å². The van der Waals surface area contributed by atoms with Crippen molar-refractivity contribution in [2.45, 2.75) is 6.42 Å². The highest BCUT2D eigenvalue weighted by Crippen LogP contribution is 2.20. The van der Waals surface area contributed by atoms with Gasteiger partial charge in [-0.2, -0.15) is 0 Å². The Labute approximate surface area is 123 Å². The summed E-state index contributed by atoms with van der Waals surface area (Å²) in [7, 11) is 0. The second kappa shape index (κ2) is 6.36. The number of rotatable bonds is 4. The third-order valence-corrected chi connectivity index (χ3v) is 4.17. The molecule has 5 heteroatoms. The molecule has 0 aliphatic carbocycles. The number of carbonyl (C=O) groups excluding carboxylic acids is 1. The Bertz CT molecular complexity index is 542. The molecule has 0 unspecified atom stereocenters. The topological polar surface area (TPSA) is 29.1 Å². The fourth-order valence-corrected chi connectivity index (χ4v) is 2.79. The average Bonchev–Trinajstić information content (AvgIpc) is 2.85. The summed E-state index contributed by atoms with van der Waals surface area (Å²) >= 11 is 11.0. The number of benzene rings is 1. The van der Waals surface area contributed by atoms with Crippen LogP contribution in [0.3, 0.4) is 0 Å². The van der Waals surface area contributed by atoms with Gasteiger partial charge in [-0.15, -0.1) is 11.3 Å². The van der Waals surface area contributed by atoms with Gasteiger partial charge in [0.1, 0.15) is 0 Å². The first-order valence-corrected chi connectivity index (χ1v) is 7.47. The number of hydrogen-bond donors (Lipinski definition) is 1. The van der Waals surface area contributed by atoms with Crippen molar-refractivity contribution in [2.24, 2.45) is 0 Å². The second-order valence-corrected chi connectivity index (χ2v) is 6.06. The predicted molar refractivity (Wildman–Crippen MR) is 79.5 cm³/mol. The van der Waals surface area contributed by atoms with Gasteiger partial charge < -0.3 is 5.32 Å². The van der Waals surface area contributed by atoms with E-state index in [4.69, 9.17) is 11.6 Å². The Hall–Kier alpha value is -0.840. The summed E-state index contributed by atoms with van der Waals surface area (Å²) < 4.78 is 0.843. The van der Waals surface area contributed by atoms with Gasteiger partial charge in [-0.3, -0.25) is 4.79 Å². The molecule has 1 N–H and O–H groups in total. The van der Waals surface area contributed by atoms with Crippen LogP contribution in [0.5, 0.6) is 0 Å². The van der Waals surface area contributed by atoms with Crippen LogP contribution in [0.1, 0.15) is 15.2 Å². The molecule has 2 rings (SSSR count). The third kappa shape index (κ3) is 3.57. The fourth-order valence-electron chi connectivity index (χ4n) is 1.52. The first-order valence-electron chi connectivity index (χ1n) is 5.42. The molecule has 2 nitrogen and oxygen atoms in total. The van der Waals surface area contributed by atoms with E-state index in [0.29, 0.717) is 17.1 Å². The summed E-state index contributed by atoms with van der Waals surface area (Å²) in [5.74, 6) is -0.141. The van der Waals surface area contributed by atoms with Crippen molar-refractivity contribution in [3.63, 3.8) is 0 Å². The minimum atomic E-state index is -0.141. The van der Waals surface area contributed by atoms with Crippen LogP contribution in [0.15, 0.2) is 40.2 Å². The molecule has 0 fully saturated rings.